The number of ether oxygens (including phenoxy) is 1. The van der Waals surface area contributed by atoms with Crippen LogP contribution in [0.25, 0.3) is 0 Å². The van der Waals surface area contributed by atoms with Crippen molar-refractivity contribution in [1.29, 1.82) is 0 Å². The Labute approximate surface area is 144 Å². The second-order valence-corrected chi connectivity index (χ2v) is 6.17. The molecule has 2 aromatic rings. The van der Waals surface area contributed by atoms with E-state index in [0.29, 0.717) is 0 Å². The number of aryl methyl sites for hydroxylation is 3. The zero-order valence-corrected chi connectivity index (χ0v) is 15.1. The third kappa shape index (κ3) is 4.36. The molecule has 0 bridgehead atoms. The maximum absolute atomic E-state index is 12.3. The zero-order chi connectivity index (χ0) is 17.7. The van der Waals surface area contributed by atoms with Crippen LogP contribution in [0.4, 0.5) is 5.69 Å². The molecule has 0 saturated heterocycles. The highest BCUT2D eigenvalue weighted by Crippen LogP contribution is 2.24. The lowest BCUT2D eigenvalue weighted by Gasteiger charge is -2.18. The van der Waals surface area contributed by atoms with E-state index in [4.69, 9.17) is 4.74 Å². The summed E-state index contributed by atoms with van der Waals surface area (Å²) >= 11 is 0. The number of para-hydroxylation sites is 1. The molecule has 4 heteroatoms. The Morgan fingerprint density at radius 1 is 1.12 bits per heavy atom. The fourth-order valence-corrected chi connectivity index (χ4v) is 2.94. The van der Waals surface area contributed by atoms with E-state index in [1.165, 1.54) is 5.56 Å². The average molecular weight is 326 g/mol. The topological polar surface area (TPSA) is 50.4 Å². The van der Waals surface area contributed by atoms with Gasteiger partial charge in [0.05, 0.1) is 13.7 Å². The molecule has 0 spiro atoms. The van der Waals surface area contributed by atoms with Crippen molar-refractivity contribution in [3.05, 3.63) is 58.7 Å². The van der Waals surface area contributed by atoms with Gasteiger partial charge >= 0.3 is 0 Å². The van der Waals surface area contributed by atoms with Crippen LogP contribution in [0.15, 0.2) is 36.4 Å². The molecule has 2 rings (SSSR count). The number of anilines is 1. The Kier molecular flexibility index (Phi) is 5.99. The lowest BCUT2D eigenvalue weighted by molar-refractivity contribution is -0.115. The lowest BCUT2D eigenvalue weighted by atomic mass is 10.1. The molecular formula is C20H26N2O2. The van der Waals surface area contributed by atoms with Crippen molar-refractivity contribution in [2.45, 2.75) is 33.7 Å². The van der Waals surface area contributed by atoms with Gasteiger partial charge in [0.2, 0.25) is 5.91 Å². The molecule has 0 radical (unpaired) electrons. The van der Waals surface area contributed by atoms with Gasteiger partial charge in [0.1, 0.15) is 5.75 Å². The second kappa shape index (κ2) is 7.97. The molecule has 4 nitrogen and oxygen atoms in total. The summed E-state index contributed by atoms with van der Waals surface area (Å²) in [5.41, 5.74) is 5.30. The number of methoxy groups -OCH3 is 1. The molecule has 2 N–H and O–H groups in total. The van der Waals surface area contributed by atoms with Crippen LogP contribution in [0.5, 0.6) is 5.75 Å². The van der Waals surface area contributed by atoms with Crippen LogP contribution in [0.3, 0.4) is 0 Å². The summed E-state index contributed by atoms with van der Waals surface area (Å²) in [4.78, 5) is 12.3. The van der Waals surface area contributed by atoms with E-state index in [2.05, 4.69) is 29.7 Å². The molecule has 0 unspecified atom stereocenters. The molecule has 128 valence electrons. The van der Waals surface area contributed by atoms with E-state index in [-0.39, 0.29) is 18.5 Å². The molecule has 0 fully saturated rings. The van der Waals surface area contributed by atoms with Crippen LogP contribution in [-0.2, 0) is 4.79 Å². The Morgan fingerprint density at radius 3 is 2.38 bits per heavy atom. The number of hydrogen-bond donors (Lipinski definition) is 2. The lowest BCUT2D eigenvalue weighted by Crippen LogP contribution is -2.30. The molecule has 0 heterocycles. The number of carbonyl (C=O) groups is 1. The van der Waals surface area contributed by atoms with Gasteiger partial charge in [-0.3, -0.25) is 4.79 Å². The molecule has 0 aliphatic rings. The minimum absolute atomic E-state index is 0.0205. The first-order valence-corrected chi connectivity index (χ1v) is 8.16. The van der Waals surface area contributed by atoms with E-state index in [9.17, 15) is 4.79 Å². The molecule has 24 heavy (non-hydrogen) atoms. The van der Waals surface area contributed by atoms with E-state index >= 15 is 0 Å². The average Bonchev–Trinajstić information content (AvgIpc) is 2.55. The molecular weight excluding hydrogens is 300 g/mol. The fraction of sp³-hybridized carbons (Fsp3) is 0.350. The molecule has 1 atom stereocenters. The van der Waals surface area contributed by atoms with Crippen molar-refractivity contribution < 1.29 is 9.53 Å². The maximum Gasteiger partial charge on any atom is 0.238 e. The maximum atomic E-state index is 12.3. The van der Waals surface area contributed by atoms with Crippen LogP contribution in [-0.4, -0.2) is 19.6 Å². The van der Waals surface area contributed by atoms with Crippen molar-refractivity contribution in [2.24, 2.45) is 0 Å². The Hall–Kier alpha value is -2.33. The van der Waals surface area contributed by atoms with Gasteiger partial charge in [-0.25, -0.2) is 0 Å². The third-order valence-electron chi connectivity index (χ3n) is 4.12. The molecule has 2 aromatic carbocycles. The molecule has 0 aromatic heterocycles. The van der Waals surface area contributed by atoms with Crippen LogP contribution in [0.1, 0.15) is 35.2 Å². The Balaban J connectivity index is 1.99. The third-order valence-corrected chi connectivity index (χ3v) is 4.12. The largest absolute Gasteiger partial charge is 0.496 e. The van der Waals surface area contributed by atoms with Crippen molar-refractivity contribution in [1.82, 2.24) is 5.32 Å². The van der Waals surface area contributed by atoms with Crippen molar-refractivity contribution in [2.75, 3.05) is 19.0 Å². The summed E-state index contributed by atoms with van der Waals surface area (Å²) in [5, 5.41) is 6.26. The van der Waals surface area contributed by atoms with Gasteiger partial charge in [-0.1, -0.05) is 35.9 Å². The summed E-state index contributed by atoms with van der Waals surface area (Å²) < 4.78 is 5.37. The fourth-order valence-electron chi connectivity index (χ4n) is 2.94. The highest BCUT2D eigenvalue weighted by Gasteiger charge is 2.13. The molecule has 1 amide bonds. The predicted molar refractivity (Wildman–Crippen MR) is 98.7 cm³/mol. The van der Waals surface area contributed by atoms with Crippen molar-refractivity contribution >= 4 is 11.6 Å². The summed E-state index contributed by atoms with van der Waals surface area (Å²) in [6, 6.07) is 12.0. The molecule has 0 saturated carbocycles. The van der Waals surface area contributed by atoms with Crippen LogP contribution < -0.4 is 15.4 Å². The van der Waals surface area contributed by atoms with E-state index in [1.807, 2.05) is 45.0 Å². The SMILES string of the molecule is COc1ccccc1[C@@H](C)NCC(=O)Nc1c(C)cc(C)cc1C. The van der Waals surface area contributed by atoms with Gasteiger partial charge in [0.25, 0.3) is 0 Å². The van der Waals surface area contributed by atoms with Gasteiger partial charge in [0.15, 0.2) is 0 Å². The number of hydrogen-bond acceptors (Lipinski definition) is 3. The summed E-state index contributed by atoms with van der Waals surface area (Å²) in [6.45, 7) is 8.35. The predicted octanol–water partition coefficient (Wildman–Crippen LogP) is 3.91. The monoisotopic (exact) mass is 326 g/mol. The molecule has 0 aliphatic carbocycles. The van der Waals surface area contributed by atoms with Gasteiger partial charge in [0, 0.05) is 17.3 Å². The minimum Gasteiger partial charge on any atom is -0.496 e. The Morgan fingerprint density at radius 2 is 1.75 bits per heavy atom. The van der Waals surface area contributed by atoms with E-state index in [0.717, 1.165) is 28.1 Å². The van der Waals surface area contributed by atoms with Gasteiger partial charge in [-0.05, 0) is 44.9 Å². The first kappa shape index (κ1) is 18.0. The highest BCUT2D eigenvalue weighted by atomic mass is 16.5. The van der Waals surface area contributed by atoms with Crippen LogP contribution in [0.2, 0.25) is 0 Å². The smallest absolute Gasteiger partial charge is 0.238 e. The summed E-state index contributed by atoms with van der Waals surface area (Å²) in [7, 11) is 1.65. The zero-order valence-electron chi connectivity index (χ0n) is 15.1. The number of benzene rings is 2. The first-order chi connectivity index (χ1) is 11.4. The van der Waals surface area contributed by atoms with Gasteiger partial charge in [-0.2, -0.15) is 0 Å². The van der Waals surface area contributed by atoms with Gasteiger partial charge < -0.3 is 15.4 Å². The van der Waals surface area contributed by atoms with Crippen LogP contribution in [0, 0.1) is 20.8 Å². The number of carbonyl (C=O) groups excluding carboxylic acids is 1. The van der Waals surface area contributed by atoms with E-state index < -0.39 is 0 Å². The normalized spacial score (nSPS) is 11.9. The molecule has 0 aliphatic heterocycles. The number of amides is 1. The Bertz CT molecular complexity index is 702. The quantitative estimate of drug-likeness (QED) is 0.846. The standard InChI is InChI=1S/C20H26N2O2/c1-13-10-14(2)20(15(3)11-13)22-19(23)12-21-16(4)17-8-6-7-9-18(17)24-5/h6-11,16,21H,12H2,1-5H3,(H,22,23)/t16-/m1/s1. The van der Waals surface area contributed by atoms with Gasteiger partial charge in [-0.15, -0.1) is 0 Å². The van der Waals surface area contributed by atoms with Crippen molar-refractivity contribution in [3.8, 4) is 5.75 Å². The summed E-state index contributed by atoms with van der Waals surface area (Å²) in [5.74, 6) is 0.773. The summed E-state index contributed by atoms with van der Waals surface area (Å²) in [6.07, 6.45) is 0. The van der Waals surface area contributed by atoms with Crippen LogP contribution >= 0.6 is 0 Å². The second-order valence-electron chi connectivity index (χ2n) is 6.17. The number of rotatable bonds is 6. The highest BCUT2D eigenvalue weighted by molar-refractivity contribution is 5.93. The van der Waals surface area contributed by atoms with Crippen molar-refractivity contribution in [3.63, 3.8) is 0 Å². The first-order valence-electron chi connectivity index (χ1n) is 8.16. The minimum atomic E-state index is -0.0493. The number of nitrogens with one attached hydrogen (secondary N) is 2. The van der Waals surface area contributed by atoms with E-state index in [1.54, 1.807) is 7.11 Å².